The van der Waals surface area contributed by atoms with Gasteiger partial charge in [0.25, 0.3) is 0 Å². The van der Waals surface area contributed by atoms with Gasteiger partial charge < -0.3 is 9.30 Å². The second kappa shape index (κ2) is 5.09. The van der Waals surface area contributed by atoms with Crippen LogP contribution < -0.4 is 5.43 Å². The normalized spacial score (nSPS) is 10.6. The fourth-order valence-electron chi connectivity index (χ4n) is 1.89. The largest absolute Gasteiger partial charge is 0.465 e. The van der Waals surface area contributed by atoms with E-state index in [2.05, 4.69) is 11.3 Å². The molecule has 1 heterocycles. The minimum absolute atomic E-state index is 0.0396. The summed E-state index contributed by atoms with van der Waals surface area (Å²) in [6.07, 6.45) is 1.31. The van der Waals surface area contributed by atoms with Crippen molar-refractivity contribution in [3.63, 3.8) is 0 Å². The molecule has 1 aromatic carbocycles. The van der Waals surface area contributed by atoms with Gasteiger partial charge in [-0.05, 0) is 19.1 Å². The first kappa shape index (κ1) is 14.3. The van der Waals surface area contributed by atoms with Gasteiger partial charge in [0.1, 0.15) is 11.4 Å². The van der Waals surface area contributed by atoms with E-state index in [-0.39, 0.29) is 16.0 Å². The molecule has 0 bridgehead atoms. The quantitative estimate of drug-likeness (QED) is 0.800. The van der Waals surface area contributed by atoms with Crippen molar-refractivity contribution < 1.29 is 13.9 Å². The van der Waals surface area contributed by atoms with Crippen LogP contribution in [-0.2, 0) is 4.74 Å². The smallest absolute Gasteiger partial charge is 0.343 e. The van der Waals surface area contributed by atoms with Crippen LogP contribution in [0.3, 0.4) is 0 Å². The standard InChI is InChI=1S/C14H11ClFNO3/c1-7(2)17-6-9(14(19)20-3)13(18)8-4-11(16)10(15)5-12(8)17/h4-6H,1H2,2-3H3. The van der Waals surface area contributed by atoms with Crippen molar-refractivity contribution >= 4 is 34.2 Å². The highest BCUT2D eigenvalue weighted by atomic mass is 35.5. The maximum atomic E-state index is 13.6. The first-order valence-corrected chi connectivity index (χ1v) is 6.03. The van der Waals surface area contributed by atoms with Gasteiger partial charge in [-0.3, -0.25) is 4.79 Å². The third-order valence-electron chi connectivity index (χ3n) is 2.86. The fraction of sp³-hybridized carbons (Fsp3) is 0.143. The van der Waals surface area contributed by atoms with Crippen LogP contribution >= 0.6 is 11.6 Å². The number of nitrogens with zero attached hydrogens (tertiary/aromatic N) is 1. The summed E-state index contributed by atoms with van der Waals surface area (Å²) in [5, 5.41) is -0.0736. The zero-order chi connectivity index (χ0) is 15.0. The lowest BCUT2D eigenvalue weighted by Crippen LogP contribution is -2.19. The van der Waals surface area contributed by atoms with Crippen LogP contribution in [0.4, 0.5) is 4.39 Å². The van der Waals surface area contributed by atoms with Gasteiger partial charge in [0.15, 0.2) is 0 Å². The Labute approximate surface area is 119 Å². The zero-order valence-electron chi connectivity index (χ0n) is 10.9. The number of rotatable bonds is 2. The number of pyridine rings is 1. The molecule has 0 unspecified atom stereocenters. The van der Waals surface area contributed by atoms with E-state index in [0.717, 1.165) is 6.07 Å². The van der Waals surface area contributed by atoms with Crippen LogP contribution in [-0.4, -0.2) is 17.6 Å². The first-order chi connectivity index (χ1) is 9.36. The summed E-state index contributed by atoms with van der Waals surface area (Å²) in [7, 11) is 1.17. The summed E-state index contributed by atoms with van der Waals surface area (Å²) in [5.74, 6) is -1.52. The van der Waals surface area contributed by atoms with Crippen LogP contribution in [0, 0.1) is 5.82 Å². The average molecular weight is 296 g/mol. The lowest BCUT2D eigenvalue weighted by atomic mass is 10.1. The number of fused-ring (bicyclic) bond motifs is 1. The molecule has 104 valence electrons. The van der Waals surface area contributed by atoms with Crippen molar-refractivity contribution in [2.45, 2.75) is 6.92 Å². The molecule has 2 aromatic rings. The first-order valence-electron chi connectivity index (χ1n) is 5.65. The molecule has 4 nitrogen and oxygen atoms in total. The third-order valence-corrected chi connectivity index (χ3v) is 3.15. The maximum absolute atomic E-state index is 13.6. The Balaban J connectivity index is 2.99. The number of hydrogen-bond acceptors (Lipinski definition) is 3. The van der Waals surface area contributed by atoms with Crippen molar-refractivity contribution in [2.24, 2.45) is 0 Å². The van der Waals surface area contributed by atoms with Gasteiger partial charge in [0, 0.05) is 17.3 Å². The van der Waals surface area contributed by atoms with Crippen LogP contribution in [0.2, 0.25) is 5.02 Å². The fourth-order valence-corrected chi connectivity index (χ4v) is 2.05. The average Bonchev–Trinajstić information content (AvgIpc) is 2.40. The van der Waals surface area contributed by atoms with E-state index in [9.17, 15) is 14.0 Å². The van der Waals surface area contributed by atoms with Crippen molar-refractivity contribution in [3.05, 3.63) is 51.5 Å². The van der Waals surface area contributed by atoms with Crippen LogP contribution in [0.1, 0.15) is 17.3 Å². The molecule has 0 spiro atoms. The Morgan fingerprint density at radius 2 is 2.10 bits per heavy atom. The number of methoxy groups -OCH3 is 1. The molecule has 20 heavy (non-hydrogen) atoms. The Kier molecular flexibility index (Phi) is 3.63. The maximum Gasteiger partial charge on any atom is 0.343 e. The lowest BCUT2D eigenvalue weighted by Gasteiger charge is -2.13. The predicted octanol–water partition coefficient (Wildman–Crippen LogP) is 3.07. The van der Waals surface area contributed by atoms with E-state index in [1.165, 1.54) is 23.9 Å². The van der Waals surface area contributed by atoms with E-state index in [1.807, 2.05) is 0 Å². The highest BCUT2D eigenvalue weighted by Gasteiger charge is 2.17. The summed E-state index contributed by atoms with van der Waals surface area (Å²) in [6, 6.07) is 2.33. The number of hydrogen-bond donors (Lipinski definition) is 0. The Hall–Kier alpha value is -2.14. The van der Waals surface area contributed by atoms with E-state index in [1.54, 1.807) is 6.92 Å². The number of allylic oxidation sites excluding steroid dienone is 1. The number of aromatic nitrogens is 1. The number of esters is 1. The molecule has 1 aromatic heterocycles. The molecule has 0 atom stereocenters. The second-order valence-electron chi connectivity index (χ2n) is 4.25. The SMILES string of the molecule is C=C(C)n1cc(C(=O)OC)c(=O)c2cc(F)c(Cl)cc21. The molecule has 0 fully saturated rings. The molecule has 0 N–H and O–H groups in total. The summed E-state index contributed by atoms with van der Waals surface area (Å²) < 4.78 is 19.6. The number of carbonyl (C=O) groups is 1. The van der Waals surface area contributed by atoms with Crippen molar-refractivity contribution in [1.29, 1.82) is 0 Å². The monoisotopic (exact) mass is 295 g/mol. The zero-order valence-corrected chi connectivity index (χ0v) is 11.6. The van der Waals surface area contributed by atoms with Gasteiger partial charge >= 0.3 is 5.97 Å². The molecule has 0 saturated carbocycles. The van der Waals surface area contributed by atoms with E-state index in [0.29, 0.717) is 11.2 Å². The number of halogens is 2. The molecular weight excluding hydrogens is 285 g/mol. The van der Waals surface area contributed by atoms with Gasteiger partial charge in [-0.2, -0.15) is 0 Å². The molecular formula is C14H11ClFNO3. The van der Waals surface area contributed by atoms with E-state index >= 15 is 0 Å². The van der Waals surface area contributed by atoms with Crippen molar-refractivity contribution in [1.82, 2.24) is 4.57 Å². The lowest BCUT2D eigenvalue weighted by molar-refractivity contribution is 0.0599. The van der Waals surface area contributed by atoms with Crippen LogP contribution in [0.15, 0.2) is 29.7 Å². The second-order valence-corrected chi connectivity index (χ2v) is 4.66. The molecule has 0 saturated heterocycles. The highest BCUT2D eigenvalue weighted by molar-refractivity contribution is 6.31. The van der Waals surface area contributed by atoms with Crippen LogP contribution in [0.5, 0.6) is 0 Å². The molecule has 0 aliphatic rings. The van der Waals surface area contributed by atoms with E-state index < -0.39 is 17.2 Å². The summed E-state index contributed by atoms with van der Waals surface area (Å²) in [5.41, 5.74) is 0.119. The van der Waals surface area contributed by atoms with Gasteiger partial charge in [-0.25, -0.2) is 9.18 Å². The number of ether oxygens (including phenoxy) is 1. The Morgan fingerprint density at radius 3 is 2.65 bits per heavy atom. The summed E-state index contributed by atoms with van der Waals surface area (Å²) >= 11 is 5.73. The number of carbonyl (C=O) groups excluding carboxylic acids is 1. The van der Waals surface area contributed by atoms with Gasteiger partial charge in [-0.15, -0.1) is 0 Å². The summed E-state index contributed by atoms with van der Waals surface area (Å²) in [6.45, 7) is 5.44. The molecule has 0 aliphatic heterocycles. The van der Waals surface area contributed by atoms with Gasteiger partial charge in [-0.1, -0.05) is 18.2 Å². The summed E-state index contributed by atoms with van der Waals surface area (Å²) in [4.78, 5) is 23.8. The molecule has 0 amide bonds. The number of benzene rings is 1. The topological polar surface area (TPSA) is 48.3 Å². The Morgan fingerprint density at radius 1 is 1.45 bits per heavy atom. The minimum atomic E-state index is -0.790. The predicted molar refractivity (Wildman–Crippen MR) is 75.5 cm³/mol. The van der Waals surface area contributed by atoms with E-state index in [4.69, 9.17) is 11.6 Å². The van der Waals surface area contributed by atoms with Crippen molar-refractivity contribution in [3.8, 4) is 0 Å². The third kappa shape index (κ3) is 2.20. The van der Waals surface area contributed by atoms with Crippen LogP contribution in [0.25, 0.3) is 16.6 Å². The molecule has 2 rings (SSSR count). The molecule has 6 heteroatoms. The van der Waals surface area contributed by atoms with Crippen molar-refractivity contribution in [2.75, 3.05) is 7.11 Å². The minimum Gasteiger partial charge on any atom is -0.465 e. The van der Waals surface area contributed by atoms with Gasteiger partial charge in [0.05, 0.1) is 17.6 Å². The highest BCUT2D eigenvalue weighted by Crippen LogP contribution is 2.23. The molecule has 0 radical (unpaired) electrons. The molecule has 0 aliphatic carbocycles. The Bertz CT molecular complexity index is 795. The van der Waals surface area contributed by atoms with Gasteiger partial charge in [0.2, 0.25) is 5.43 Å².